The average molecular weight is 463 g/mol. The fourth-order valence-corrected chi connectivity index (χ4v) is 4.08. The van der Waals surface area contributed by atoms with Gasteiger partial charge in [-0.25, -0.2) is 4.98 Å². The Morgan fingerprint density at radius 1 is 1.03 bits per heavy atom. The third-order valence-electron chi connectivity index (χ3n) is 4.93. The number of nitrogens with zero attached hydrogens (tertiary/aromatic N) is 3. The van der Waals surface area contributed by atoms with Gasteiger partial charge in [0.15, 0.2) is 5.13 Å². The number of rotatable bonds is 7. The van der Waals surface area contributed by atoms with E-state index in [0.717, 1.165) is 22.5 Å². The van der Waals surface area contributed by atoms with Crippen LogP contribution in [0.25, 0.3) is 6.08 Å². The molecular formula is C25H26N4O3S. The number of likely N-dealkylation sites (N-methyl/N-ethyl adjacent to an activating group) is 1. The Labute approximate surface area is 197 Å². The van der Waals surface area contributed by atoms with E-state index in [-0.39, 0.29) is 24.3 Å². The minimum Gasteiger partial charge on any atom is -0.333 e. The summed E-state index contributed by atoms with van der Waals surface area (Å²) < 4.78 is 0. The number of amides is 3. The molecule has 1 heterocycles. The molecule has 8 heteroatoms. The Balaban J connectivity index is 1.63. The van der Waals surface area contributed by atoms with Crippen LogP contribution in [0.4, 0.5) is 16.5 Å². The predicted octanol–water partition coefficient (Wildman–Crippen LogP) is 4.55. The molecule has 0 aliphatic carbocycles. The van der Waals surface area contributed by atoms with Crippen LogP contribution in [0, 0.1) is 13.8 Å². The van der Waals surface area contributed by atoms with Crippen molar-refractivity contribution in [1.29, 1.82) is 0 Å². The fourth-order valence-electron chi connectivity index (χ4n) is 3.23. The number of aryl methyl sites for hydroxylation is 2. The van der Waals surface area contributed by atoms with Gasteiger partial charge in [0, 0.05) is 31.1 Å². The van der Waals surface area contributed by atoms with Crippen LogP contribution in [0.2, 0.25) is 0 Å². The SMILES string of the molecule is CC(=O)N(c1ccccc1)c1nc(C=CC(=O)N(C)CC(=O)Nc2c(C)cccc2C)cs1. The first-order valence-electron chi connectivity index (χ1n) is 10.4. The number of para-hydroxylation sites is 2. The summed E-state index contributed by atoms with van der Waals surface area (Å²) in [6.07, 6.45) is 2.94. The van der Waals surface area contributed by atoms with E-state index in [9.17, 15) is 14.4 Å². The first-order valence-corrected chi connectivity index (χ1v) is 11.2. The van der Waals surface area contributed by atoms with Crippen molar-refractivity contribution in [2.45, 2.75) is 20.8 Å². The topological polar surface area (TPSA) is 82.6 Å². The second-order valence-electron chi connectivity index (χ2n) is 7.59. The lowest BCUT2D eigenvalue weighted by Gasteiger charge is -2.17. The minimum atomic E-state index is -0.326. The van der Waals surface area contributed by atoms with Crippen molar-refractivity contribution in [3.8, 4) is 0 Å². The van der Waals surface area contributed by atoms with Crippen LogP contribution in [0.15, 0.2) is 60.0 Å². The van der Waals surface area contributed by atoms with E-state index in [1.165, 1.54) is 34.1 Å². The average Bonchev–Trinajstić information content (AvgIpc) is 3.23. The van der Waals surface area contributed by atoms with Gasteiger partial charge in [-0.2, -0.15) is 0 Å². The van der Waals surface area contributed by atoms with Crippen LogP contribution in [0.3, 0.4) is 0 Å². The molecule has 0 aliphatic heterocycles. The molecular weight excluding hydrogens is 436 g/mol. The minimum absolute atomic E-state index is 0.0780. The number of aromatic nitrogens is 1. The number of benzene rings is 2. The number of thiazole rings is 1. The lowest BCUT2D eigenvalue weighted by Crippen LogP contribution is -2.34. The highest BCUT2D eigenvalue weighted by Crippen LogP contribution is 2.29. The quantitative estimate of drug-likeness (QED) is 0.522. The van der Waals surface area contributed by atoms with Gasteiger partial charge in [-0.3, -0.25) is 19.3 Å². The summed E-state index contributed by atoms with van der Waals surface area (Å²) in [7, 11) is 1.57. The van der Waals surface area contributed by atoms with Crippen LogP contribution < -0.4 is 10.2 Å². The fraction of sp³-hybridized carbons (Fsp3) is 0.200. The highest BCUT2D eigenvalue weighted by atomic mass is 32.1. The second-order valence-corrected chi connectivity index (χ2v) is 8.42. The van der Waals surface area contributed by atoms with Crippen molar-refractivity contribution in [3.63, 3.8) is 0 Å². The molecule has 7 nitrogen and oxygen atoms in total. The molecule has 2 aromatic carbocycles. The Kier molecular flexibility index (Phi) is 7.74. The van der Waals surface area contributed by atoms with Gasteiger partial charge in [-0.1, -0.05) is 36.4 Å². The van der Waals surface area contributed by atoms with Crippen LogP contribution in [0.1, 0.15) is 23.7 Å². The van der Waals surface area contributed by atoms with Gasteiger partial charge in [0.2, 0.25) is 17.7 Å². The van der Waals surface area contributed by atoms with Crippen LogP contribution in [0.5, 0.6) is 0 Å². The number of hydrogen-bond acceptors (Lipinski definition) is 5. The van der Waals surface area contributed by atoms with E-state index in [4.69, 9.17) is 0 Å². The van der Waals surface area contributed by atoms with Gasteiger partial charge in [0.1, 0.15) is 0 Å². The lowest BCUT2D eigenvalue weighted by molar-refractivity contribution is -0.129. The summed E-state index contributed by atoms with van der Waals surface area (Å²) >= 11 is 1.31. The molecule has 0 atom stereocenters. The van der Waals surface area contributed by atoms with Crippen LogP contribution >= 0.6 is 11.3 Å². The highest BCUT2D eigenvalue weighted by Gasteiger charge is 2.17. The first-order chi connectivity index (χ1) is 15.8. The summed E-state index contributed by atoms with van der Waals surface area (Å²) in [6.45, 7) is 5.25. The van der Waals surface area contributed by atoms with E-state index >= 15 is 0 Å². The maximum atomic E-state index is 12.5. The zero-order valence-corrected chi connectivity index (χ0v) is 19.8. The molecule has 0 bridgehead atoms. The van der Waals surface area contributed by atoms with Crippen LogP contribution in [-0.2, 0) is 14.4 Å². The van der Waals surface area contributed by atoms with E-state index in [1.807, 2.05) is 62.4 Å². The highest BCUT2D eigenvalue weighted by molar-refractivity contribution is 7.14. The maximum Gasteiger partial charge on any atom is 0.246 e. The molecule has 3 aromatic rings. The first kappa shape index (κ1) is 23.9. The standard InChI is InChI=1S/C25H26N4O3S/c1-17-9-8-10-18(2)24(17)27-22(31)15-28(4)23(32)14-13-20-16-33-25(26-20)29(19(3)30)21-11-6-5-7-12-21/h5-14,16H,15H2,1-4H3,(H,27,31). The zero-order chi connectivity index (χ0) is 24.0. The molecule has 0 saturated heterocycles. The van der Waals surface area contributed by atoms with E-state index < -0.39 is 0 Å². The van der Waals surface area contributed by atoms with Crippen molar-refractivity contribution >= 4 is 51.6 Å². The number of nitrogens with one attached hydrogen (secondary N) is 1. The maximum absolute atomic E-state index is 12.5. The molecule has 33 heavy (non-hydrogen) atoms. The normalized spacial score (nSPS) is 10.8. The van der Waals surface area contributed by atoms with Crippen LogP contribution in [-0.4, -0.2) is 41.2 Å². The van der Waals surface area contributed by atoms with Crippen molar-refractivity contribution in [2.24, 2.45) is 0 Å². The molecule has 3 rings (SSSR count). The predicted molar refractivity (Wildman–Crippen MR) is 133 cm³/mol. The summed E-state index contributed by atoms with van der Waals surface area (Å²) in [5.74, 6) is -0.753. The number of carbonyl (C=O) groups is 3. The summed E-state index contributed by atoms with van der Waals surface area (Å²) in [5, 5.41) is 5.16. The molecule has 0 aliphatic rings. The Morgan fingerprint density at radius 3 is 2.33 bits per heavy atom. The third kappa shape index (κ3) is 6.14. The molecule has 1 N–H and O–H groups in total. The number of anilines is 3. The molecule has 0 radical (unpaired) electrons. The van der Waals surface area contributed by atoms with Gasteiger partial charge in [0.05, 0.1) is 17.9 Å². The van der Waals surface area contributed by atoms with Gasteiger partial charge in [-0.05, 0) is 43.2 Å². The van der Waals surface area contributed by atoms with Gasteiger partial charge in [-0.15, -0.1) is 11.3 Å². The third-order valence-corrected chi connectivity index (χ3v) is 5.77. The Hall–Kier alpha value is -3.78. The molecule has 170 valence electrons. The summed E-state index contributed by atoms with van der Waals surface area (Å²) in [4.78, 5) is 44.4. The largest absolute Gasteiger partial charge is 0.333 e. The molecule has 1 aromatic heterocycles. The van der Waals surface area contributed by atoms with Crippen molar-refractivity contribution < 1.29 is 14.4 Å². The molecule has 0 saturated carbocycles. The zero-order valence-electron chi connectivity index (χ0n) is 19.0. The van der Waals surface area contributed by atoms with Crippen molar-refractivity contribution in [3.05, 3.63) is 76.8 Å². The second kappa shape index (κ2) is 10.7. The van der Waals surface area contributed by atoms with Crippen molar-refractivity contribution in [2.75, 3.05) is 23.8 Å². The van der Waals surface area contributed by atoms with Crippen molar-refractivity contribution in [1.82, 2.24) is 9.88 Å². The summed E-state index contributed by atoms with van der Waals surface area (Å²) in [6, 6.07) is 15.0. The van der Waals surface area contributed by atoms with Gasteiger partial charge >= 0.3 is 0 Å². The molecule has 0 fully saturated rings. The Morgan fingerprint density at radius 2 is 1.70 bits per heavy atom. The number of carbonyl (C=O) groups excluding carboxylic acids is 3. The van der Waals surface area contributed by atoms with E-state index in [2.05, 4.69) is 10.3 Å². The molecule has 0 spiro atoms. The molecule has 3 amide bonds. The smallest absolute Gasteiger partial charge is 0.246 e. The van der Waals surface area contributed by atoms with E-state index in [1.54, 1.807) is 18.5 Å². The van der Waals surface area contributed by atoms with E-state index in [0.29, 0.717) is 10.8 Å². The van der Waals surface area contributed by atoms with Gasteiger partial charge in [0.25, 0.3) is 0 Å². The number of hydrogen-bond donors (Lipinski definition) is 1. The molecule has 0 unspecified atom stereocenters. The van der Waals surface area contributed by atoms with Gasteiger partial charge < -0.3 is 10.2 Å². The summed E-state index contributed by atoms with van der Waals surface area (Å²) in [5.41, 5.74) is 3.97. The Bertz CT molecular complexity index is 1170. The lowest BCUT2D eigenvalue weighted by atomic mass is 10.1. The monoisotopic (exact) mass is 462 g/mol.